The average molecular weight is 388 g/mol. The molecule has 0 bridgehead atoms. The molecule has 0 atom stereocenters. The van der Waals surface area contributed by atoms with Crippen molar-refractivity contribution < 1.29 is 8.42 Å². The summed E-state index contributed by atoms with van der Waals surface area (Å²) in [6.45, 7) is 0.973. The number of thioether (sulfide) groups is 1. The van der Waals surface area contributed by atoms with Crippen molar-refractivity contribution in [2.75, 3.05) is 25.4 Å². The van der Waals surface area contributed by atoms with Gasteiger partial charge in [-0.1, -0.05) is 30.3 Å². The number of hydrogen-bond donors (Lipinski definition) is 1. The number of nitrogens with zero attached hydrogens (tertiary/aromatic N) is 2. The second-order valence-electron chi connectivity index (χ2n) is 5.71. The molecule has 0 fully saturated rings. The van der Waals surface area contributed by atoms with Gasteiger partial charge in [0.15, 0.2) is 0 Å². The molecule has 3 aromatic rings. The van der Waals surface area contributed by atoms with Crippen LogP contribution in [0, 0.1) is 0 Å². The van der Waals surface area contributed by atoms with Crippen LogP contribution in [0.25, 0.3) is 10.8 Å². The molecule has 0 aliphatic rings. The Morgan fingerprint density at radius 2 is 1.81 bits per heavy atom. The first-order valence-corrected chi connectivity index (χ1v) is 10.8. The fourth-order valence-corrected chi connectivity index (χ4v) is 5.42. The molecule has 1 heterocycles. The third-order valence-electron chi connectivity index (χ3n) is 3.99. The molecule has 3 rings (SSSR count). The van der Waals surface area contributed by atoms with Crippen LogP contribution in [0.5, 0.6) is 0 Å². The zero-order valence-corrected chi connectivity index (χ0v) is 15.9. The van der Waals surface area contributed by atoms with Crippen LogP contribution in [0.15, 0.2) is 76.8 Å². The molecular weight excluding hydrogens is 366 g/mol. The SMILES string of the molecule is NCCN(CCSc1ccccc1)S(=O)(=O)c1cccc2cnccc12. The highest BCUT2D eigenvalue weighted by Crippen LogP contribution is 2.26. The van der Waals surface area contributed by atoms with E-state index in [4.69, 9.17) is 5.73 Å². The molecule has 26 heavy (non-hydrogen) atoms. The van der Waals surface area contributed by atoms with Crippen LogP contribution < -0.4 is 5.73 Å². The molecule has 0 spiro atoms. The first-order chi connectivity index (χ1) is 12.6. The summed E-state index contributed by atoms with van der Waals surface area (Å²) in [6.07, 6.45) is 3.28. The van der Waals surface area contributed by atoms with Crippen molar-refractivity contribution in [3.63, 3.8) is 0 Å². The predicted octanol–water partition coefficient (Wildman–Crippen LogP) is 2.98. The second kappa shape index (κ2) is 8.64. The van der Waals surface area contributed by atoms with E-state index in [9.17, 15) is 8.42 Å². The van der Waals surface area contributed by atoms with E-state index in [0.29, 0.717) is 29.1 Å². The third kappa shape index (κ3) is 4.24. The summed E-state index contributed by atoms with van der Waals surface area (Å²) in [7, 11) is -3.63. The zero-order valence-electron chi connectivity index (χ0n) is 14.3. The van der Waals surface area contributed by atoms with Crippen LogP contribution in [-0.4, -0.2) is 43.1 Å². The fraction of sp³-hybridized carbons (Fsp3) is 0.211. The minimum absolute atomic E-state index is 0.279. The Labute approximate surface area is 158 Å². The maximum Gasteiger partial charge on any atom is 0.243 e. The number of pyridine rings is 1. The van der Waals surface area contributed by atoms with Gasteiger partial charge in [-0.2, -0.15) is 4.31 Å². The molecule has 2 aromatic carbocycles. The second-order valence-corrected chi connectivity index (χ2v) is 8.78. The first kappa shape index (κ1) is 18.8. The van der Waals surface area contributed by atoms with E-state index in [2.05, 4.69) is 4.98 Å². The minimum atomic E-state index is -3.63. The molecule has 5 nitrogen and oxygen atoms in total. The Bertz CT molecular complexity index is 957. The lowest BCUT2D eigenvalue weighted by molar-refractivity contribution is 0.438. The van der Waals surface area contributed by atoms with E-state index >= 15 is 0 Å². The molecule has 0 unspecified atom stereocenters. The van der Waals surface area contributed by atoms with Gasteiger partial charge in [-0.25, -0.2) is 8.42 Å². The van der Waals surface area contributed by atoms with Crippen molar-refractivity contribution in [1.29, 1.82) is 0 Å². The van der Waals surface area contributed by atoms with Crippen molar-refractivity contribution in [2.45, 2.75) is 9.79 Å². The topological polar surface area (TPSA) is 76.3 Å². The fourth-order valence-electron chi connectivity index (χ4n) is 2.74. The summed E-state index contributed by atoms with van der Waals surface area (Å²) in [4.78, 5) is 5.49. The molecule has 136 valence electrons. The van der Waals surface area contributed by atoms with E-state index < -0.39 is 10.0 Å². The molecule has 0 aliphatic carbocycles. The maximum absolute atomic E-state index is 13.2. The van der Waals surface area contributed by atoms with E-state index in [0.717, 1.165) is 10.3 Å². The Balaban J connectivity index is 1.83. The summed E-state index contributed by atoms with van der Waals surface area (Å²) in [6, 6.07) is 16.9. The van der Waals surface area contributed by atoms with Gasteiger partial charge in [-0.3, -0.25) is 4.98 Å². The van der Waals surface area contributed by atoms with Crippen molar-refractivity contribution in [2.24, 2.45) is 5.73 Å². The van der Waals surface area contributed by atoms with Gasteiger partial charge in [0.1, 0.15) is 0 Å². The highest BCUT2D eigenvalue weighted by atomic mass is 32.2. The molecular formula is C19H21N3O2S2. The lowest BCUT2D eigenvalue weighted by atomic mass is 10.2. The minimum Gasteiger partial charge on any atom is -0.329 e. The summed E-state index contributed by atoms with van der Waals surface area (Å²) in [5.41, 5.74) is 5.68. The normalized spacial score (nSPS) is 11.9. The van der Waals surface area contributed by atoms with Gasteiger partial charge in [-0.15, -0.1) is 11.8 Å². The monoisotopic (exact) mass is 387 g/mol. The van der Waals surface area contributed by atoms with Gasteiger partial charge in [0.2, 0.25) is 10.0 Å². The summed E-state index contributed by atoms with van der Waals surface area (Å²) in [5, 5.41) is 1.49. The van der Waals surface area contributed by atoms with Crippen LogP contribution in [0.2, 0.25) is 0 Å². The number of aromatic nitrogens is 1. The van der Waals surface area contributed by atoms with Crippen LogP contribution >= 0.6 is 11.8 Å². The first-order valence-electron chi connectivity index (χ1n) is 8.34. The Hall–Kier alpha value is -1.93. The van der Waals surface area contributed by atoms with Gasteiger partial charge < -0.3 is 5.73 Å². The summed E-state index contributed by atoms with van der Waals surface area (Å²) in [5.74, 6) is 0.662. The quantitative estimate of drug-likeness (QED) is 0.601. The molecule has 0 amide bonds. The van der Waals surface area contributed by atoms with Gasteiger partial charge in [0, 0.05) is 53.4 Å². The predicted molar refractivity (Wildman–Crippen MR) is 107 cm³/mol. The van der Waals surface area contributed by atoms with Crippen LogP contribution in [-0.2, 0) is 10.0 Å². The van der Waals surface area contributed by atoms with Gasteiger partial charge in [0.25, 0.3) is 0 Å². The van der Waals surface area contributed by atoms with Crippen LogP contribution in [0.1, 0.15) is 0 Å². The van der Waals surface area contributed by atoms with Gasteiger partial charge in [-0.05, 0) is 24.3 Å². The standard InChI is InChI=1S/C19H21N3O2S2/c20-10-12-22(13-14-25-17-6-2-1-3-7-17)26(23,24)19-8-4-5-16-15-21-11-9-18(16)19/h1-9,11,15H,10,12-14,20H2. The van der Waals surface area contributed by atoms with Crippen LogP contribution in [0.3, 0.4) is 0 Å². The zero-order chi connectivity index (χ0) is 18.4. The van der Waals surface area contributed by atoms with Gasteiger partial charge in [0.05, 0.1) is 4.90 Å². The van der Waals surface area contributed by atoms with E-state index in [1.165, 1.54) is 4.31 Å². The molecule has 2 N–H and O–H groups in total. The van der Waals surface area contributed by atoms with E-state index in [-0.39, 0.29) is 6.54 Å². The third-order valence-corrected chi connectivity index (χ3v) is 6.94. The number of nitrogens with two attached hydrogens (primary N) is 1. The van der Waals surface area contributed by atoms with Crippen molar-refractivity contribution in [3.8, 4) is 0 Å². The van der Waals surface area contributed by atoms with Crippen LogP contribution in [0.4, 0.5) is 0 Å². The molecule has 0 radical (unpaired) electrons. The highest BCUT2D eigenvalue weighted by Gasteiger charge is 2.25. The number of hydrogen-bond acceptors (Lipinski definition) is 5. The van der Waals surface area contributed by atoms with E-state index in [1.54, 1.807) is 42.4 Å². The van der Waals surface area contributed by atoms with E-state index in [1.807, 2.05) is 36.4 Å². The highest BCUT2D eigenvalue weighted by molar-refractivity contribution is 7.99. The lowest BCUT2D eigenvalue weighted by Gasteiger charge is -2.22. The van der Waals surface area contributed by atoms with Crippen molar-refractivity contribution >= 4 is 32.6 Å². The van der Waals surface area contributed by atoms with Crippen molar-refractivity contribution in [1.82, 2.24) is 9.29 Å². The number of fused-ring (bicyclic) bond motifs is 1. The smallest absolute Gasteiger partial charge is 0.243 e. The Kier molecular flexibility index (Phi) is 6.26. The molecule has 0 saturated carbocycles. The lowest BCUT2D eigenvalue weighted by Crippen LogP contribution is -2.37. The summed E-state index contributed by atoms with van der Waals surface area (Å²) < 4.78 is 27.9. The number of benzene rings is 2. The molecule has 0 aliphatic heterocycles. The number of sulfonamides is 1. The van der Waals surface area contributed by atoms with Crippen molar-refractivity contribution in [3.05, 3.63) is 67.0 Å². The van der Waals surface area contributed by atoms with Gasteiger partial charge >= 0.3 is 0 Å². The Morgan fingerprint density at radius 1 is 1.00 bits per heavy atom. The number of rotatable bonds is 8. The average Bonchev–Trinajstić information content (AvgIpc) is 2.67. The maximum atomic E-state index is 13.2. The molecule has 7 heteroatoms. The molecule has 0 saturated heterocycles. The molecule has 1 aromatic heterocycles. The largest absolute Gasteiger partial charge is 0.329 e. The Morgan fingerprint density at radius 3 is 2.58 bits per heavy atom. The summed E-state index contributed by atoms with van der Waals surface area (Å²) >= 11 is 1.63.